The number of halogens is 1. The zero-order chi connectivity index (χ0) is 10.7. The Hall–Kier alpha value is -0.780. The molecule has 0 fully saturated rings. The fraction of sp³-hybridized carbons (Fsp3) is 0.200. The van der Waals surface area contributed by atoms with Crippen molar-refractivity contribution in [3.8, 4) is 0 Å². The lowest BCUT2D eigenvalue weighted by molar-refractivity contribution is 0.732. The van der Waals surface area contributed by atoms with Crippen LogP contribution in [0.15, 0.2) is 34.9 Å². The van der Waals surface area contributed by atoms with Gasteiger partial charge < -0.3 is 5.73 Å². The molecule has 5 heteroatoms. The van der Waals surface area contributed by atoms with Crippen molar-refractivity contribution < 1.29 is 0 Å². The van der Waals surface area contributed by atoms with E-state index < -0.39 is 0 Å². The molecule has 15 heavy (non-hydrogen) atoms. The summed E-state index contributed by atoms with van der Waals surface area (Å²) in [4.78, 5) is 1.02. The van der Waals surface area contributed by atoms with E-state index in [9.17, 15) is 0 Å². The molecule has 0 aliphatic heterocycles. The molecule has 2 rings (SSSR count). The molecule has 0 spiro atoms. The molecule has 0 bridgehead atoms. The minimum Gasteiger partial charge on any atom is -0.323 e. The van der Waals surface area contributed by atoms with Gasteiger partial charge in [0.25, 0.3) is 0 Å². The first-order valence-electron chi connectivity index (χ1n) is 4.53. The summed E-state index contributed by atoms with van der Waals surface area (Å²) in [5.74, 6) is 0. The summed E-state index contributed by atoms with van der Waals surface area (Å²) in [6.45, 7) is 0. The molecular formula is C10H10BrN3S. The maximum absolute atomic E-state index is 6.05. The first kappa shape index (κ1) is 10.7. The summed E-state index contributed by atoms with van der Waals surface area (Å²) in [6.07, 6.45) is 2.53. The van der Waals surface area contributed by atoms with Crippen molar-refractivity contribution in [1.29, 1.82) is 0 Å². The molecule has 1 unspecified atom stereocenters. The van der Waals surface area contributed by atoms with Crippen molar-refractivity contribution in [3.63, 3.8) is 0 Å². The van der Waals surface area contributed by atoms with E-state index in [1.165, 1.54) is 17.1 Å². The highest BCUT2D eigenvalue weighted by molar-refractivity contribution is 9.10. The molecule has 1 atom stereocenters. The predicted molar refractivity (Wildman–Crippen MR) is 64.7 cm³/mol. The van der Waals surface area contributed by atoms with Crippen LogP contribution in [0.25, 0.3) is 0 Å². The van der Waals surface area contributed by atoms with Crippen LogP contribution in [0.4, 0.5) is 0 Å². The van der Waals surface area contributed by atoms with E-state index >= 15 is 0 Å². The minimum atomic E-state index is -0.0244. The maximum Gasteiger partial charge on any atom is 0.0669 e. The molecule has 1 aromatic heterocycles. The molecule has 0 aliphatic carbocycles. The standard InChI is InChI=1S/C10H10BrN3S/c11-8-4-2-1-3-7(8)5-9(12)10-6-13-14-15-10/h1-4,6,9H,5,12H2. The molecule has 0 aliphatic rings. The summed E-state index contributed by atoms with van der Waals surface area (Å²) in [7, 11) is 0. The van der Waals surface area contributed by atoms with Crippen LogP contribution in [-0.2, 0) is 6.42 Å². The second-order valence-electron chi connectivity index (χ2n) is 3.22. The van der Waals surface area contributed by atoms with E-state index in [0.717, 1.165) is 15.8 Å². The van der Waals surface area contributed by atoms with Gasteiger partial charge in [0.1, 0.15) is 0 Å². The van der Waals surface area contributed by atoms with Gasteiger partial charge in [-0.1, -0.05) is 38.6 Å². The van der Waals surface area contributed by atoms with E-state index in [2.05, 4.69) is 31.6 Å². The van der Waals surface area contributed by atoms with Crippen LogP contribution in [0.1, 0.15) is 16.5 Å². The van der Waals surface area contributed by atoms with Crippen molar-refractivity contribution in [2.75, 3.05) is 0 Å². The van der Waals surface area contributed by atoms with Gasteiger partial charge in [-0.25, -0.2) is 0 Å². The Kier molecular flexibility index (Phi) is 3.45. The van der Waals surface area contributed by atoms with E-state index in [0.29, 0.717) is 0 Å². The van der Waals surface area contributed by atoms with Gasteiger partial charge >= 0.3 is 0 Å². The van der Waals surface area contributed by atoms with Crippen LogP contribution in [0.5, 0.6) is 0 Å². The lowest BCUT2D eigenvalue weighted by Crippen LogP contribution is -2.12. The van der Waals surface area contributed by atoms with Crippen molar-refractivity contribution in [3.05, 3.63) is 45.4 Å². The number of aromatic nitrogens is 2. The number of rotatable bonds is 3. The zero-order valence-corrected chi connectivity index (χ0v) is 10.3. The van der Waals surface area contributed by atoms with Gasteiger partial charge in [-0.3, -0.25) is 0 Å². The summed E-state index contributed by atoms with van der Waals surface area (Å²) < 4.78 is 4.90. The fourth-order valence-electron chi connectivity index (χ4n) is 1.34. The van der Waals surface area contributed by atoms with Crippen LogP contribution in [0, 0.1) is 0 Å². The SMILES string of the molecule is NC(Cc1ccccc1Br)c1cnns1. The van der Waals surface area contributed by atoms with Crippen LogP contribution >= 0.6 is 27.5 Å². The third kappa shape index (κ3) is 2.62. The van der Waals surface area contributed by atoms with Crippen molar-refractivity contribution in [1.82, 2.24) is 9.59 Å². The Morgan fingerprint density at radius 1 is 1.40 bits per heavy atom. The largest absolute Gasteiger partial charge is 0.323 e. The van der Waals surface area contributed by atoms with E-state index in [1.807, 2.05) is 18.2 Å². The second-order valence-corrected chi connectivity index (χ2v) is 4.89. The Morgan fingerprint density at radius 3 is 2.87 bits per heavy atom. The molecule has 0 amide bonds. The molecule has 2 aromatic rings. The van der Waals surface area contributed by atoms with E-state index in [4.69, 9.17) is 5.73 Å². The molecule has 0 saturated heterocycles. The van der Waals surface area contributed by atoms with Gasteiger partial charge in [0.15, 0.2) is 0 Å². The van der Waals surface area contributed by atoms with Gasteiger partial charge in [0.2, 0.25) is 0 Å². The number of nitrogens with two attached hydrogens (primary N) is 1. The molecule has 1 aromatic carbocycles. The first-order valence-corrected chi connectivity index (χ1v) is 6.10. The average Bonchev–Trinajstić information content (AvgIpc) is 2.74. The quantitative estimate of drug-likeness (QED) is 0.942. The zero-order valence-electron chi connectivity index (χ0n) is 7.93. The molecule has 0 saturated carbocycles. The topological polar surface area (TPSA) is 51.8 Å². The lowest BCUT2D eigenvalue weighted by Gasteiger charge is -2.09. The Morgan fingerprint density at radius 2 is 2.20 bits per heavy atom. The number of benzene rings is 1. The summed E-state index contributed by atoms with van der Waals surface area (Å²) >= 11 is 4.86. The lowest BCUT2D eigenvalue weighted by atomic mass is 10.1. The van der Waals surface area contributed by atoms with Gasteiger partial charge in [-0.15, -0.1) is 5.10 Å². The highest BCUT2D eigenvalue weighted by Gasteiger charge is 2.10. The maximum atomic E-state index is 6.05. The fourth-order valence-corrected chi connectivity index (χ4v) is 2.29. The normalized spacial score (nSPS) is 12.7. The monoisotopic (exact) mass is 283 g/mol. The Balaban J connectivity index is 2.13. The van der Waals surface area contributed by atoms with Gasteiger partial charge in [0.05, 0.1) is 11.1 Å². The molecular weight excluding hydrogens is 274 g/mol. The Bertz CT molecular complexity index is 430. The molecule has 0 radical (unpaired) electrons. The Labute approximate surface area is 101 Å². The highest BCUT2D eigenvalue weighted by atomic mass is 79.9. The first-order chi connectivity index (χ1) is 7.27. The smallest absolute Gasteiger partial charge is 0.0669 e. The van der Waals surface area contributed by atoms with Crippen LogP contribution in [0.2, 0.25) is 0 Å². The highest BCUT2D eigenvalue weighted by Crippen LogP contribution is 2.23. The molecule has 78 valence electrons. The van der Waals surface area contributed by atoms with Crippen LogP contribution in [-0.4, -0.2) is 9.59 Å². The third-order valence-electron chi connectivity index (χ3n) is 2.14. The third-order valence-corrected chi connectivity index (χ3v) is 3.71. The number of nitrogens with zero attached hydrogens (tertiary/aromatic N) is 2. The van der Waals surface area contributed by atoms with Crippen LogP contribution < -0.4 is 5.73 Å². The summed E-state index contributed by atoms with van der Waals surface area (Å²) in [6, 6.07) is 8.07. The molecule has 3 nitrogen and oxygen atoms in total. The average molecular weight is 284 g/mol. The predicted octanol–water partition coefficient (Wildman–Crippen LogP) is 2.54. The summed E-state index contributed by atoms with van der Waals surface area (Å²) in [5, 5.41) is 3.78. The second kappa shape index (κ2) is 4.83. The van der Waals surface area contributed by atoms with E-state index in [-0.39, 0.29) is 6.04 Å². The van der Waals surface area contributed by atoms with Crippen molar-refractivity contribution >= 4 is 27.5 Å². The summed E-state index contributed by atoms with van der Waals surface area (Å²) in [5.41, 5.74) is 7.26. The van der Waals surface area contributed by atoms with Gasteiger partial charge in [-0.2, -0.15) is 0 Å². The van der Waals surface area contributed by atoms with Crippen molar-refractivity contribution in [2.45, 2.75) is 12.5 Å². The number of hydrogen-bond acceptors (Lipinski definition) is 4. The molecule has 1 heterocycles. The number of hydrogen-bond donors (Lipinski definition) is 1. The minimum absolute atomic E-state index is 0.0244. The van der Waals surface area contributed by atoms with Gasteiger partial charge in [-0.05, 0) is 29.6 Å². The van der Waals surface area contributed by atoms with Crippen LogP contribution in [0.3, 0.4) is 0 Å². The van der Waals surface area contributed by atoms with Gasteiger partial charge in [0, 0.05) is 10.5 Å². The molecule has 2 N–H and O–H groups in total. The van der Waals surface area contributed by atoms with Crippen molar-refractivity contribution in [2.24, 2.45) is 5.73 Å². The van der Waals surface area contributed by atoms with E-state index in [1.54, 1.807) is 6.20 Å².